The monoisotopic (exact) mass is 830 g/mol. The van der Waals surface area contributed by atoms with Crippen molar-refractivity contribution in [3.63, 3.8) is 0 Å². The number of benzene rings is 4. The van der Waals surface area contributed by atoms with Gasteiger partial charge in [-0.15, -0.1) is 23.2 Å². The van der Waals surface area contributed by atoms with Gasteiger partial charge in [0.2, 0.25) is 0 Å². The van der Waals surface area contributed by atoms with Crippen LogP contribution in [-0.4, -0.2) is 66.1 Å². The van der Waals surface area contributed by atoms with E-state index < -0.39 is 0 Å². The normalized spacial score (nSPS) is 10.3. The van der Waals surface area contributed by atoms with Gasteiger partial charge in [-0.3, -0.25) is 14.8 Å². The number of nitrogens with one attached hydrogen (secondary N) is 2. The molecule has 0 aliphatic rings. The second-order valence-corrected chi connectivity index (χ2v) is 14.1. The standard InChI is InChI=1S/C18H23N3S.C17H22N2.C7H6N4S.CH2Cl2/c1-2-21(14-16-6-4-3-5-7-16)13-12-15-8-10-17(11-9-15)20-18(19)22;1-2-19(14-16-6-4-3-5-7-16)13-12-15-8-10-17(18)11-9-15;12-7(10-3-1-8-5-10)11-4-2-9-6-11;2-1-3/h3-11H,2,12-14H2,1H3,(H3,19,20,22);3-11H,2,12-14,18H2,1H3;1-6H;1H2/p+1. The van der Waals surface area contributed by atoms with Crippen LogP contribution in [0.5, 0.6) is 0 Å². The number of alkyl halides is 2. The number of anilines is 2. The third-order valence-corrected chi connectivity index (χ3v) is 9.04. The van der Waals surface area contributed by atoms with Crippen molar-refractivity contribution in [3.05, 3.63) is 169 Å². The van der Waals surface area contributed by atoms with Crippen LogP contribution in [0.15, 0.2) is 147 Å². The molecule has 4 aromatic carbocycles. The zero-order chi connectivity index (χ0) is 40.4. The fourth-order valence-corrected chi connectivity index (χ4v) is 5.79. The molecular weight excluding hydrogens is 778 g/mol. The first-order valence-electron chi connectivity index (χ1n) is 18.5. The van der Waals surface area contributed by atoms with E-state index in [4.69, 9.17) is 59.1 Å². The molecule has 9 nitrogen and oxygen atoms in total. The highest BCUT2D eigenvalue weighted by Gasteiger charge is 2.08. The summed E-state index contributed by atoms with van der Waals surface area (Å²) in [7, 11) is 0. The maximum Gasteiger partial charge on any atom is 0.307 e. The van der Waals surface area contributed by atoms with Gasteiger partial charge in [0, 0.05) is 37.6 Å². The number of nitrogens with zero attached hydrogens (tertiary/aromatic N) is 5. The Morgan fingerprint density at radius 3 is 1.68 bits per heavy atom. The topological polar surface area (TPSA) is 108 Å². The Balaban J connectivity index is 0.000000225. The second-order valence-electron chi connectivity index (χ2n) is 12.5. The Labute approximate surface area is 353 Å². The summed E-state index contributed by atoms with van der Waals surface area (Å²) < 4.78 is 3.57. The summed E-state index contributed by atoms with van der Waals surface area (Å²) in [6, 6.07) is 37.7. The van der Waals surface area contributed by atoms with E-state index in [1.54, 1.807) is 28.0 Å². The molecule has 56 heavy (non-hydrogen) atoms. The molecule has 0 saturated heterocycles. The van der Waals surface area contributed by atoms with Gasteiger partial charge in [0.1, 0.15) is 6.20 Å². The van der Waals surface area contributed by atoms with Gasteiger partial charge < -0.3 is 16.8 Å². The average Bonchev–Trinajstić information content (AvgIpc) is 3.97. The van der Waals surface area contributed by atoms with Crippen molar-refractivity contribution in [1.29, 1.82) is 0 Å². The molecule has 0 amide bonds. The van der Waals surface area contributed by atoms with Gasteiger partial charge in [-0.1, -0.05) is 98.8 Å². The Morgan fingerprint density at radius 1 is 0.768 bits per heavy atom. The van der Waals surface area contributed by atoms with Crippen molar-refractivity contribution >= 4 is 69.2 Å². The van der Waals surface area contributed by atoms with Gasteiger partial charge in [-0.05, 0) is 96.9 Å². The van der Waals surface area contributed by atoms with E-state index in [1.807, 2.05) is 42.9 Å². The fourth-order valence-electron chi connectivity index (χ4n) is 5.45. The average molecular weight is 832 g/mol. The second kappa shape index (κ2) is 27.1. The van der Waals surface area contributed by atoms with Crippen LogP contribution in [0.2, 0.25) is 0 Å². The van der Waals surface area contributed by atoms with Crippen LogP contribution in [0.3, 0.4) is 0 Å². The summed E-state index contributed by atoms with van der Waals surface area (Å²) >= 11 is 19.5. The number of likely N-dealkylation sites (N-methyl/N-ethyl adjacent to an activating group) is 2. The number of rotatable bonds is 13. The first-order chi connectivity index (χ1) is 27.2. The van der Waals surface area contributed by atoms with Crippen molar-refractivity contribution < 1.29 is 4.57 Å². The number of halogens is 2. The molecule has 6 rings (SSSR count). The van der Waals surface area contributed by atoms with Crippen molar-refractivity contribution in [2.24, 2.45) is 5.73 Å². The Hall–Kier alpha value is -4.62. The van der Waals surface area contributed by atoms with E-state index in [-0.39, 0.29) is 5.34 Å². The maximum absolute atomic E-state index is 5.70. The minimum atomic E-state index is 0.194. The van der Waals surface area contributed by atoms with E-state index >= 15 is 0 Å². The highest BCUT2D eigenvalue weighted by molar-refractivity contribution is 7.80. The van der Waals surface area contributed by atoms with Crippen molar-refractivity contribution in [1.82, 2.24) is 24.3 Å². The van der Waals surface area contributed by atoms with Crippen molar-refractivity contribution in [3.8, 4) is 0 Å². The molecule has 0 saturated carbocycles. The Morgan fingerprint density at radius 2 is 1.27 bits per heavy atom. The van der Waals surface area contributed by atoms with Crippen molar-refractivity contribution in [2.75, 3.05) is 42.6 Å². The number of thiocarbonyl (C=S) groups is 2. The molecule has 0 aliphatic carbocycles. The van der Waals surface area contributed by atoms with Gasteiger partial charge in [0.15, 0.2) is 17.8 Å². The zero-order valence-electron chi connectivity index (χ0n) is 32.2. The lowest BCUT2D eigenvalue weighted by Gasteiger charge is -2.20. The number of aromatic amines is 1. The Bertz CT molecular complexity index is 1860. The zero-order valence-corrected chi connectivity index (χ0v) is 35.3. The van der Waals surface area contributed by atoms with Crippen LogP contribution in [0.25, 0.3) is 0 Å². The summed E-state index contributed by atoms with van der Waals surface area (Å²) in [4.78, 5) is 11.7. The minimum Gasteiger partial charge on any atom is -0.399 e. The quantitative estimate of drug-likeness (QED) is 0.0399. The lowest BCUT2D eigenvalue weighted by Crippen LogP contribution is -2.43. The van der Waals surface area contributed by atoms with Crippen LogP contribution in [0, 0.1) is 0 Å². The van der Waals surface area contributed by atoms with Gasteiger partial charge in [0.05, 0.1) is 23.9 Å². The lowest BCUT2D eigenvalue weighted by molar-refractivity contribution is -0.553. The number of nitrogens with two attached hydrogens (primary N) is 2. The van der Waals surface area contributed by atoms with Gasteiger partial charge >= 0.3 is 5.11 Å². The Kier molecular flexibility index (Phi) is 22.1. The molecule has 0 fully saturated rings. The summed E-state index contributed by atoms with van der Waals surface area (Å²) in [5.74, 6) is 0. The summed E-state index contributed by atoms with van der Waals surface area (Å²) in [5.41, 5.74) is 18.3. The van der Waals surface area contributed by atoms with E-state index in [0.29, 0.717) is 10.2 Å². The van der Waals surface area contributed by atoms with E-state index in [1.165, 1.54) is 22.3 Å². The number of H-pyrrole nitrogens is 1. The molecule has 2 aromatic heterocycles. The molecule has 296 valence electrons. The number of imidazole rings is 2. The van der Waals surface area contributed by atoms with Crippen LogP contribution >= 0.6 is 47.6 Å². The van der Waals surface area contributed by atoms with E-state index in [0.717, 1.165) is 63.5 Å². The number of nitrogen functional groups attached to an aromatic ring is 1. The van der Waals surface area contributed by atoms with Gasteiger partial charge in [-0.2, -0.15) is 4.57 Å². The SMILES string of the molecule is CCN(CCc1ccc(N)cc1)Cc1ccccc1.CCN(CCc1ccc(NC(N)=S)cc1)Cc1ccccc1.ClCCl.S=C(n1ccnc1)[n+]1cc[nH]c1. The first kappa shape index (κ1) is 45.8. The number of aromatic nitrogens is 4. The third kappa shape index (κ3) is 18.3. The molecule has 0 aliphatic heterocycles. The van der Waals surface area contributed by atoms with Crippen LogP contribution in [-0.2, 0) is 25.9 Å². The van der Waals surface area contributed by atoms with Crippen molar-refractivity contribution in [2.45, 2.75) is 39.8 Å². The highest BCUT2D eigenvalue weighted by atomic mass is 35.5. The summed E-state index contributed by atoms with van der Waals surface area (Å²) in [6.07, 6.45) is 12.7. The third-order valence-electron chi connectivity index (χ3n) is 8.52. The van der Waals surface area contributed by atoms with Gasteiger partial charge in [-0.25, -0.2) is 9.55 Å². The van der Waals surface area contributed by atoms with Crippen LogP contribution < -0.4 is 21.4 Å². The molecule has 0 bridgehead atoms. The molecule has 6 aromatic rings. The summed E-state index contributed by atoms with van der Waals surface area (Å²) in [6.45, 7) is 10.7. The highest BCUT2D eigenvalue weighted by Crippen LogP contribution is 2.12. The predicted molar refractivity (Wildman–Crippen MR) is 243 cm³/mol. The smallest absolute Gasteiger partial charge is 0.307 e. The largest absolute Gasteiger partial charge is 0.399 e. The minimum absolute atomic E-state index is 0.194. The first-order valence-corrected chi connectivity index (χ1v) is 20.3. The summed E-state index contributed by atoms with van der Waals surface area (Å²) in [5, 5.41) is 4.11. The molecule has 6 N–H and O–H groups in total. The maximum atomic E-state index is 5.70. The molecule has 2 heterocycles. The molecule has 0 spiro atoms. The van der Waals surface area contributed by atoms with Crippen LogP contribution in [0.1, 0.15) is 36.1 Å². The predicted octanol–water partition coefficient (Wildman–Crippen LogP) is 8.34. The van der Waals surface area contributed by atoms with Gasteiger partial charge in [0.25, 0.3) is 0 Å². The number of hydrogen-bond acceptors (Lipinski definition) is 6. The molecular formula is C43H54Cl2N9S2+. The molecule has 0 atom stereocenters. The lowest BCUT2D eigenvalue weighted by atomic mass is 10.1. The molecule has 0 radical (unpaired) electrons. The van der Waals surface area contributed by atoms with E-state index in [9.17, 15) is 0 Å². The molecule has 13 heteroatoms. The van der Waals surface area contributed by atoms with Crippen LogP contribution in [0.4, 0.5) is 11.4 Å². The molecule has 0 unspecified atom stereocenters. The van der Waals surface area contributed by atoms with E-state index in [2.05, 4.69) is 124 Å². The number of hydrogen-bond donors (Lipinski definition) is 4. The fraction of sp³-hybridized carbons (Fsp3) is 0.256.